The Hall–Kier alpha value is -0.670. The van der Waals surface area contributed by atoms with Crippen molar-refractivity contribution in [3.8, 4) is 0 Å². The first-order valence-electron chi connectivity index (χ1n) is 6.15. The molecule has 0 fully saturated rings. The fourth-order valence-corrected chi connectivity index (χ4v) is 3.11. The van der Waals surface area contributed by atoms with Crippen molar-refractivity contribution >= 4 is 17.4 Å². The second kappa shape index (κ2) is 4.91. The second-order valence-electron chi connectivity index (χ2n) is 5.63. The van der Waals surface area contributed by atoms with Crippen LogP contribution >= 0.6 is 11.8 Å². The molecule has 1 aliphatic rings. The molecule has 0 bridgehead atoms. The molecule has 2 nitrogen and oxygen atoms in total. The van der Waals surface area contributed by atoms with Crippen LogP contribution in [0.4, 0.5) is 5.69 Å². The highest BCUT2D eigenvalue weighted by Gasteiger charge is 2.20. The van der Waals surface area contributed by atoms with E-state index in [-0.39, 0.29) is 12.0 Å². The summed E-state index contributed by atoms with van der Waals surface area (Å²) in [4.78, 5) is 1.34. The van der Waals surface area contributed by atoms with E-state index in [1.165, 1.54) is 16.1 Å². The maximum absolute atomic E-state index is 8.97. The fourth-order valence-electron chi connectivity index (χ4n) is 1.99. The molecule has 1 aromatic carbocycles. The topological polar surface area (TPSA) is 32.3 Å². The molecule has 1 atom stereocenters. The van der Waals surface area contributed by atoms with Crippen LogP contribution in [0.1, 0.15) is 32.8 Å². The van der Waals surface area contributed by atoms with Crippen molar-refractivity contribution in [3.63, 3.8) is 0 Å². The lowest BCUT2D eigenvalue weighted by Crippen LogP contribution is -2.27. The normalized spacial score (nSPS) is 19.6. The molecule has 2 rings (SSSR count). The molecule has 0 amide bonds. The molecule has 3 heteroatoms. The van der Waals surface area contributed by atoms with Gasteiger partial charge in [0, 0.05) is 29.0 Å². The third-order valence-electron chi connectivity index (χ3n) is 3.12. The van der Waals surface area contributed by atoms with E-state index < -0.39 is 0 Å². The molecule has 1 unspecified atom stereocenters. The van der Waals surface area contributed by atoms with Gasteiger partial charge in [-0.05, 0) is 29.5 Å². The minimum atomic E-state index is 0.206. The maximum atomic E-state index is 8.97. The highest BCUT2D eigenvalue weighted by Crippen LogP contribution is 2.37. The van der Waals surface area contributed by atoms with Gasteiger partial charge < -0.3 is 10.4 Å². The van der Waals surface area contributed by atoms with Gasteiger partial charge in [0.15, 0.2) is 0 Å². The standard InChI is InChI=1S/C14H21NOS/c1-14(2,3)10-4-5-12-13(8-10)17-9-11(15-12)6-7-16/h4-5,8,11,15-16H,6-7,9H2,1-3H3. The lowest BCUT2D eigenvalue weighted by Gasteiger charge is -2.28. The Balaban J connectivity index is 2.20. The minimum absolute atomic E-state index is 0.206. The highest BCUT2D eigenvalue weighted by atomic mass is 32.2. The largest absolute Gasteiger partial charge is 0.396 e. The van der Waals surface area contributed by atoms with Crippen LogP contribution in [-0.2, 0) is 5.41 Å². The number of hydrogen-bond acceptors (Lipinski definition) is 3. The maximum Gasteiger partial charge on any atom is 0.0481 e. The summed E-state index contributed by atoms with van der Waals surface area (Å²) < 4.78 is 0. The van der Waals surface area contributed by atoms with Gasteiger partial charge in [0.2, 0.25) is 0 Å². The molecular weight excluding hydrogens is 230 g/mol. The zero-order chi connectivity index (χ0) is 12.5. The Kier molecular flexibility index (Phi) is 3.69. The van der Waals surface area contributed by atoms with Crippen LogP contribution < -0.4 is 5.32 Å². The molecular formula is C14H21NOS. The van der Waals surface area contributed by atoms with Gasteiger partial charge in [-0.25, -0.2) is 0 Å². The van der Waals surface area contributed by atoms with E-state index in [9.17, 15) is 0 Å². The van der Waals surface area contributed by atoms with Crippen LogP contribution in [0.2, 0.25) is 0 Å². The number of fused-ring (bicyclic) bond motifs is 1. The van der Waals surface area contributed by atoms with Crippen LogP contribution in [0.15, 0.2) is 23.1 Å². The van der Waals surface area contributed by atoms with Gasteiger partial charge in [0.05, 0.1) is 0 Å². The fraction of sp³-hybridized carbons (Fsp3) is 0.571. The van der Waals surface area contributed by atoms with E-state index in [1.807, 2.05) is 11.8 Å². The summed E-state index contributed by atoms with van der Waals surface area (Å²) in [7, 11) is 0. The van der Waals surface area contributed by atoms with Crippen LogP contribution in [0.25, 0.3) is 0 Å². The van der Waals surface area contributed by atoms with Crippen molar-refractivity contribution < 1.29 is 5.11 Å². The minimum Gasteiger partial charge on any atom is -0.396 e. The van der Waals surface area contributed by atoms with Crippen molar-refractivity contribution in [2.45, 2.75) is 43.5 Å². The molecule has 0 spiro atoms. The number of anilines is 1. The summed E-state index contributed by atoms with van der Waals surface area (Å²) in [5, 5.41) is 12.5. The summed E-state index contributed by atoms with van der Waals surface area (Å²) in [6.45, 7) is 6.98. The number of hydrogen-bond donors (Lipinski definition) is 2. The van der Waals surface area contributed by atoms with Crippen LogP contribution in [0, 0.1) is 0 Å². The van der Waals surface area contributed by atoms with Crippen LogP contribution in [0.5, 0.6) is 0 Å². The SMILES string of the molecule is CC(C)(C)c1ccc2c(c1)SCC(CCO)N2. The average Bonchev–Trinajstić information content (AvgIpc) is 2.27. The Morgan fingerprint density at radius 2 is 2.18 bits per heavy atom. The third-order valence-corrected chi connectivity index (χ3v) is 4.34. The quantitative estimate of drug-likeness (QED) is 0.846. The number of aliphatic hydroxyl groups excluding tert-OH is 1. The summed E-state index contributed by atoms with van der Waals surface area (Å²) >= 11 is 1.89. The van der Waals surface area contributed by atoms with Gasteiger partial charge in [-0.15, -0.1) is 11.8 Å². The van der Waals surface area contributed by atoms with Gasteiger partial charge in [-0.3, -0.25) is 0 Å². The zero-order valence-electron chi connectivity index (χ0n) is 10.8. The van der Waals surface area contributed by atoms with E-state index >= 15 is 0 Å². The number of aliphatic hydroxyl groups is 1. The first kappa shape index (κ1) is 12.8. The molecule has 1 heterocycles. The molecule has 17 heavy (non-hydrogen) atoms. The van der Waals surface area contributed by atoms with Crippen molar-refractivity contribution in [1.82, 2.24) is 0 Å². The second-order valence-corrected chi connectivity index (χ2v) is 6.69. The lowest BCUT2D eigenvalue weighted by molar-refractivity contribution is 0.282. The number of thioether (sulfide) groups is 1. The summed E-state index contributed by atoms with van der Waals surface area (Å²) in [5.74, 6) is 1.04. The zero-order valence-corrected chi connectivity index (χ0v) is 11.6. The predicted octanol–water partition coefficient (Wildman–Crippen LogP) is 3.25. The van der Waals surface area contributed by atoms with E-state index in [0.717, 1.165) is 12.2 Å². The lowest BCUT2D eigenvalue weighted by atomic mass is 9.87. The molecule has 94 valence electrons. The van der Waals surface area contributed by atoms with Crippen molar-refractivity contribution in [3.05, 3.63) is 23.8 Å². The Bertz CT molecular complexity index is 398. The van der Waals surface area contributed by atoms with E-state index in [1.54, 1.807) is 0 Å². The summed E-state index contributed by atoms with van der Waals surface area (Å²) in [5.41, 5.74) is 2.80. The first-order valence-corrected chi connectivity index (χ1v) is 7.14. The van der Waals surface area contributed by atoms with Gasteiger partial charge >= 0.3 is 0 Å². The number of rotatable bonds is 2. The third kappa shape index (κ3) is 2.96. The van der Waals surface area contributed by atoms with Gasteiger partial charge in [0.1, 0.15) is 0 Å². The van der Waals surface area contributed by atoms with Crippen LogP contribution in [0.3, 0.4) is 0 Å². The summed E-state index contributed by atoms with van der Waals surface area (Å²) in [6.07, 6.45) is 0.827. The molecule has 0 radical (unpaired) electrons. The Labute approximate surface area is 108 Å². The summed E-state index contributed by atoms with van der Waals surface area (Å²) in [6, 6.07) is 7.07. The monoisotopic (exact) mass is 251 g/mol. The molecule has 0 saturated heterocycles. The van der Waals surface area contributed by atoms with Gasteiger partial charge in [-0.1, -0.05) is 26.8 Å². The van der Waals surface area contributed by atoms with E-state index in [0.29, 0.717) is 6.04 Å². The van der Waals surface area contributed by atoms with Crippen molar-refractivity contribution in [1.29, 1.82) is 0 Å². The Morgan fingerprint density at radius 3 is 2.82 bits per heavy atom. The number of nitrogens with one attached hydrogen (secondary N) is 1. The predicted molar refractivity (Wildman–Crippen MR) is 75.0 cm³/mol. The van der Waals surface area contributed by atoms with Gasteiger partial charge in [-0.2, -0.15) is 0 Å². The molecule has 0 saturated carbocycles. The van der Waals surface area contributed by atoms with Crippen LogP contribution in [-0.4, -0.2) is 23.5 Å². The van der Waals surface area contributed by atoms with Crippen molar-refractivity contribution in [2.24, 2.45) is 0 Å². The highest BCUT2D eigenvalue weighted by molar-refractivity contribution is 7.99. The van der Waals surface area contributed by atoms with Gasteiger partial charge in [0.25, 0.3) is 0 Å². The first-order chi connectivity index (χ1) is 8.00. The molecule has 0 aliphatic carbocycles. The molecule has 0 aromatic heterocycles. The smallest absolute Gasteiger partial charge is 0.0481 e. The Morgan fingerprint density at radius 1 is 1.41 bits per heavy atom. The number of benzene rings is 1. The molecule has 1 aromatic rings. The van der Waals surface area contributed by atoms with E-state index in [4.69, 9.17) is 5.11 Å². The van der Waals surface area contributed by atoms with E-state index in [2.05, 4.69) is 44.3 Å². The molecule has 2 N–H and O–H groups in total. The molecule has 1 aliphatic heterocycles. The average molecular weight is 251 g/mol. The van der Waals surface area contributed by atoms with Crippen molar-refractivity contribution in [2.75, 3.05) is 17.7 Å².